The van der Waals surface area contributed by atoms with Gasteiger partial charge in [-0.1, -0.05) is 42.5 Å². The molecule has 2 aromatic rings. The van der Waals surface area contributed by atoms with Gasteiger partial charge in [0.1, 0.15) is 23.9 Å². The number of benzene rings is 2. The Labute approximate surface area is 254 Å². The molecule has 1 saturated heterocycles. The van der Waals surface area contributed by atoms with Crippen LogP contribution >= 0.6 is 23.5 Å². The van der Waals surface area contributed by atoms with E-state index in [0.29, 0.717) is 24.3 Å². The number of thioether (sulfide) groups is 2. The van der Waals surface area contributed by atoms with E-state index in [9.17, 15) is 24.3 Å². The Morgan fingerprint density at radius 3 is 2.50 bits per heavy atom. The molecular weight excluding hydrogens is 574 g/mol. The zero-order valence-electron chi connectivity index (χ0n) is 23.9. The molecule has 10 nitrogen and oxygen atoms in total. The summed E-state index contributed by atoms with van der Waals surface area (Å²) in [7, 11) is 0. The standard InChI is InChI=1S/C30H39N5O5S2/c1-29(2)24(25(31)37)35-26(38)21(15-18-7-4-3-5-8-18)33-27(39)22(17-41-13-14-42-29)34-28(40)30(32)12-11-20-19(16-30)9-6-10-23(20)36/h3-10,21-22,24,36H,11-17,32H2,1-2H3,(H2,31,37)(H,33,39)(H,34,40)(H,35,38)/t21-,22-,24-,30+/m0/s1. The third-order valence-corrected chi connectivity index (χ3v) is 10.5. The third kappa shape index (κ3) is 7.59. The zero-order chi connectivity index (χ0) is 30.5. The summed E-state index contributed by atoms with van der Waals surface area (Å²) >= 11 is 3.00. The Hall–Kier alpha value is -3.22. The normalized spacial score (nSPS) is 26.7. The fourth-order valence-electron chi connectivity index (χ4n) is 5.34. The highest BCUT2D eigenvalue weighted by molar-refractivity contribution is 8.03. The molecule has 2 aliphatic rings. The number of phenolic OH excluding ortho intramolecular Hbond substituents is 1. The predicted molar refractivity (Wildman–Crippen MR) is 166 cm³/mol. The first kappa shape index (κ1) is 31.7. The highest BCUT2D eigenvalue weighted by atomic mass is 32.2. The van der Waals surface area contributed by atoms with E-state index in [2.05, 4.69) is 16.0 Å². The average molecular weight is 614 g/mol. The van der Waals surface area contributed by atoms with Gasteiger partial charge in [0.2, 0.25) is 23.6 Å². The van der Waals surface area contributed by atoms with Crippen molar-refractivity contribution in [2.24, 2.45) is 11.5 Å². The van der Waals surface area contributed by atoms with Crippen LogP contribution in [0, 0.1) is 0 Å². The molecule has 226 valence electrons. The molecular formula is C30H39N5O5S2. The molecule has 4 amide bonds. The molecule has 1 aliphatic carbocycles. The van der Waals surface area contributed by atoms with Gasteiger partial charge in [-0.25, -0.2) is 0 Å². The Morgan fingerprint density at radius 2 is 1.79 bits per heavy atom. The second-order valence-corrected chi connectivity index (χ2v) is 14.3. The van der Waals surface area contributed by atoms with E-state index in [1.54, 1.807) is 12.1 Å². The second-order valence-electron chi connectivity index (χ2n) is 11.4. The van der Waals surface area contributed by atoms with Gasteiger partial charge < -0.3 is 32.5 Å². The number of nitrogens with two attached hydrogens (primary N) is 2. The van der Waals surface area contributed by atoms with Crippen LogP contribution in [0.15, 0.2) is 48.5 Å². The molecule has 0 saturated carbocycles. The summed E-state index contributed by atoms with van der Waals surface area (Å²) in [5, 5.41) is 18.7. The van der Waals surface area contributed by atoms with Crippen molar-refractivity contribution in [2.75, 3.05) is 17.3 Å². The summed E-state index contributed by atoms with van der Waals surface area (Å²) in [5.74, 6) is -0.459. The fraction of sp³-hybridized carbons (Fsp3) is 0.467. The van der Waals surface area contributed by atoms with Crippen LogP contribution in [0.4, 0.5) is 0 Å². The van der Waals surface area contributed by atoms with Crippen molar-refractivity contribution in [2.45, 2.75) is 67.9 Å². The minimum absolute atomic E-state index is 0.173. The van der Waals surface area contributed by atoms with Crippen LogP contribution in [-0.2, 0) is 38.4 Å². The van der Waals surface area contributed by atoms with E-state index in [1.165, 1.54) is 23.5 Å². The second kappa shape index (κ2) is 13.4. The molecule has 1 heterocycles. The number of primary amides is 1. The van der Waals surface area contributed by atoms with Gasteiger partial charge in [-0.2, -0.15) is 23.5 Å². The number of hydrogen-bond acceptors (Lipinski definition) is 8. The van der Waals surface area contributed by atoms with Crippen LogP contribution in [-0.4, -0.2) is 74.4 Å². The SMILES string of the molecule is CC1(C)SCCSC[C@H](NC(=O)[C@@]2(N)CCc3c(O)cccc3C2)C(=O)N[C@@H](Cc2ccccc2)C(=O)N[C@H]1C(N)=O. The molecule has 42 heavy (non-hydrogen) atoms. The zero-order valence-corrected chi connectivity index (χ0v) is 25.5. The largest absolute Gasteiger partial charge is 0.508 e. The number of carbonyl (C=O) groups excluding carboxylic acids is 4. The number of amides is 4. The molecule has 0 radical (unpaired) electrons. The number of carbonyl (C=O) groups is 4. The number of rotatable bonds is 5. The summed E-state index contributed by atoms with van der Waals surface area (Å²) in [4.78, 5) is 53.2. The van der Waals surface area contributed by atoms with Gasteiger partial charge in [0.15, 0.2) is 0 Å². The van der Waals surface area contributed by atoms with Gasteiger partial charge in [-0.05, 0) is 55.9 Å². The van der Waals surface area contributed by atoms with Gasteiger partial charge in [0.05, 0.1) is 5.54 Å². The van der Waals surface area contributed by atoms with E-state index in [4.69, 9.17) is 11.5 Å². The van der Waals surface area contributed by atoms with E-state index >= 15 is 0 Å². The third-order valence-electron chi connectivity index (χ3n) is 7.82. The number of aromatic hydroxyl groups is 1. The molecule has 1 aliphatic heterocycles. The van der Waals surface area contributed by atoms with Crippen LogP contribution in [0.5, 0.6) is 5.75 Å². The minimum atomic E-state index is -1.26. The molecule has 2 aromatic carbocycles. The summed E-state index contributed by atoms with van der Waals surface area (Å²) in [6.07, 6.45) is 1.14. The van der Waals surface area contributed by atoms with Crippen molar-refractivity contribution in [3.63, 3.8) is 0 Å². The highest BCUT2D eigenvalue weighted by Crippen LogP contribution is 2.33. The quantitative estimate of drug-likeness (QED) is 0.290. The molecule has 0 unspecified atom stereocenters. The van der Waals surface area contributed by atoms with Gasteiger partial charge in [0.25, 0.3) is 0 Å². The van der Waals surface area contributed by atoms with E-state index in [0.717, 1.165) is 16.7 Å². The van der Waals surface area contributed by atoms with Crippen LogP contribution in [0.3, 0.4) is 0 Å². The lowest BCUT2D eigenvalue weighted by Crippen LogP contribution is -2.63. The molecule has 0 spiro atoms. The lowest BCUT2D eigenvalue weighted by atomic mass is 9.77. The first-order chi connectivity index (χ1) is 19.9. The number of phenols is 1. The van der Waals surface area contributed by atoms with Gasteiger partial charge >= 0.3 is 0 Å². The number of fused-ring (bicyclic) bond motifs is 1. The highest BCUT2D eigenvalue weighted by Gasteiger charge is 2.41. The molecule has 8 N–H and O–H groups in total. The minimum Gasteiger partial charge on any atom is -0.508 e. The average Bonchev–Trinajstić information content (AvgIpc) is 2.94. The fourth-order valence-corrected chi connectivity index (χ4v) is 7.65. The molecule has 4 rings (SSSR count). The maximum Gasteiger partial charge on any atom is 0.244 e. The lowest BCUT2D eigenvalue weighted by Gasteiger charge is -2.35. The van der Waals surface area contributed by atoms with Crippen molar-refractivity contribution in [1.82, 2.24) is 16.0 Å². The number of nitrogens with one attached hydrogen (secondary N) is 3. The van der Waals surface area contributed by atoms with Crippen LogP contribution in [0.1, 0.15) is 37.0 Å². The lowest BCUT2D eigenvalue weighted by molar-refractivity contribution is -0.134. The Kier molecular flexibility index (Phi) is 10.1. The van der Waals surface area contributed by atoms with Crippen molar-refractivity contribution < 1.29 is 24.3 Å². The molecule has 0 aromatic heterocycles. The van der Waals surface area contributed by atoms with Crippen LogP contribution in [0.2, 0.25) is 0 Å². The Morgan fingerprint density at radius 1 is 1.05 bits per heavy atom. The van der Waals surface area contributed by atoms with Gasteiger partial charge in [-0.15, -0.1) is 0 Å². The van der Waals surface area contributed by atoms with Crippen molar-refractivity contribution in [1.29, 1.82) is 0 Å². The van der Waals surface area contributed by atoms with Crippen molar-refractivity contribution >= 4 is 47.2 Å². The summed E-state index contributed by atoms with van der Waals surface area (Å²) < 4.78 is -0.692. The van der Waals surface area contributed by atoms with Crippen LogP contribution < -0.4 is 27.4 Å². The van der Waals surface area contributed by atoms with E-state index < -0.39 is 52.0 Å². The van der Waals surface area contributed by atoms with Gasteiger partial charge in [-0.3, -0.25) is 19.2 Å². The smallest absolute Gasteiger partial charge is 0.244 e. The maximum absolute atomic E-state index is 13.7. The number of hydrogen-bond donors (Lipinski definition) is 6. The maximum atomic E-state index is 13.7. The first-order valence-corrected chi connectivity index (χ1v) is 16.1. The Bertz CT molecular complexity index is 1320. The monoisotopic (exact) mass is 613 g/mol. The molecule has 1 fully saturated rings. The summed E-state index contributed by atoms with van der Waals surface area (Å²) in [5.41, 5.74) is 13.4. The van der Waals surface area contributed by atoms with Crippen molar-refractivity contribution in [3.05, 3.63) is 65.2 Å². The van der Waals surface area contributed by atoms with E-state index in [1.807, 2.05) is 50.2 Å². The molecule has 0 bridgehead atoms. The van der Waals surface area contributed by atoms with Crippen LogP contribution in [0.25, 0.3) is 0 Å². The molecule has 4 atom stereocenters. The van der Waals surface area contributed by atoms with Crippen molar-refractivity contribution in [3.8, 4) is 5.75 Å². The first-order valence-electron chi connectivity index (χ1n) is 13.9. The Balaban J connectivity index is 1.57. The van der Waals surface area contributed by atoms with Gasteiger partial charge in [0, 0.05) is 28.4 Å². The summed E-state index contributed by atoms with van der Waals surface area (Å²) in [6.45, 7) is 3.71. The summed E-state index contributed by atoms with van der Waals surface area (Å²) in [6, 6.07) is 11.5. The predicted octanol–water partition coefficient (Wildman–Crippen LogP) is 1.02. The molecule has 12 heteroatoms. The van der Waals surface area contributed by atoms with E-state index in [-0.39, 0.29) is 24.3 Å². The topological polar surface area (TPSA) is 177 Å².